The third-order valence-corrected chi connectivity index (χ3v) is 4.33. The lowest BCUT2D eigenvalue weighted by molar-refractivity contribution is -0.120. The summed E-state index contributed by atoms with van der Waals surface area (Å²) in [7, 11) is 3.07. The van der Waals surface area contributed by atoms with E-state index in [1.807, 2.05) is 0 Å². The predicted octanol–water partition coefficient (Wildman–Crippen LogP) is 2.53. The number of halogens is 1. The number of hydrogen-bond acceptors (Lipinski definition) is 5. The maximum absolute atomic E-state index is 13.4. The van der Waals surface area contributed by atoms with Crippen LogP contribution in [0.5, 0.6) is 11.5 Å². The van der Waals surface area contributed by atoms with E-state index in [0.717, 1.165) is 5.56 Å². The molecule has 1 heterocycles. The predicted molar refractivity (Wildman–Crippen MR) is 100 cm³/mol. The third kappa shape index (κ3) is 4.51. The number of cyclic esters (lactones) is 1. The molecule has 28 heavy (non-hydrogen) atoms. The van der Waals surface area contributed by atoms with Crippen LogP contribution in [0, 0.1) is 5.82 Å². The zero-order chi connectivity index (χ0) is 20.1. The molecule has 1 atom stereocenters. The molecule has 0 spiro atoms. The Kier molecular flexibility index (Phi) is 5.98. The largest absolute Gasteiger partial charge is 0.493 e. The van der Waals surface area contributed by atoms with Gasteiger partial charge in [0.05, 0.1) is 39.4 Å². The van der Waals surface area contributed by atoms with Gasteiger partial charge in [-0.15, -0.1) is 0 Å². The van der Waals surface area contributed by atoms with Crippen molar-refractivity contribution >= 4 is 17.7 Å². The van der Waals surface area contributed by atoms with Gasteiger partial charge < -0.3 is 19.5 Å². The fourth-order valence-electron chi connectivity index (χ4n) is 2.95. The zero-order valence-corrected chi connectivity index (χ0v) is 15.6. The molecule has 0 bridgehead atoms. The van der Waals surface area contributed by atoms with Crippen LogP contribution >= 0.6 is 0 Å². The number of hydrogen-bond donors (Lipinski definition) is 1. The highest BCUT2D eigenvalue weighted by Crippen LogP contribution is 2.27. The summed E-state index contributed by atoms with van der Waals surface area (Å²) >= 11 is 0. The Bertz CT molecular complexity index is 873. The van der Waals surface area contributed by atoms with Gasteiger partial charge in [-0.1, -0.05) is 12.1 Å². The zero-order valence-electron chi connectivity index (χ0n) is 15.6. The van der Waals surface area contributed by atoms with Gasteiger partial charge in [-0.3, -0.25) is 9.69 Å². The Labute approximate surface area is 162 Å². The lowest BCUT2D eigenvalue weighted by Crippen LogP contribution is -2.35. The Morgan fingerprint density at radius 3 is 2.71 bits per heavy atom. The molecule has 8 heteroatoms. The van der Waals surface area contributed by atoms with E-state index < -0.39 is 18.0 Å². The Morgan fingerprint density at radius 2 is 2.00 bits per heavy atom. The SMILES string of the molecule is COc1ccc(CC(=O)NCC2CN(c3cccc(F)c3)C(=O)O2)cc1OC. The summed E-state index contributed by atoms with van der Waals surface area (Å²) in [5.41, 5.74) is 1.18. The number of amides is 2. The quantitative estimate of drug-likeness (QED) is 0.789. The smallest absolute Gasteiger partial charge is 0.414 e. The minimum absolute atomic E-state index is 0.147. The highest BCUT2D eigenvalue weighted by atomic mass is 19.1. The van der Waals surface area contributed by atoms with E-state index in [1.165, 1.54) is 30.2 Å². The van der Waals surface area contributed by atoms with Crippen LogP contribution in [0.2, 0.25) is 0 Å². The number of ether oxygens (including phenoxy) is 3. The van der Waals surface area contributed by atoms with Gasteiger partial charge >= 0.3 is 6.09 Å². The van der Waals surface area contributed by atoms with Crippen LogP contribution in [0.1, 0.15) is 5.56 Å². The summed E-state index contributed by atoms with van der Waals surface area (Å²) in [6.45, 7) is 0.405. The first kappa shape index (κ1) is 19.5. The van der Waals surface area contributed by atoms with Crippen molar-refractivity contribution in [1.82, 2.24) is 5.32 Å². The van der Waals surface area contributed by atoms with Crippen LogP contribution in [0.25, 0.3) is 0 Å². The molecule has 0 aromatic heterocycles. The molecule has 1 fully saturated rings. The van der Waals surface area contributed by atoms with Crippen molar-refractivity contribution < 1.29 is 28.2 Å². The number of nitrogens with zero attached hydrogens (tertiary/aromatic N) is 1. The molecular formula is C20H21FN2O5. The van der Waals surface area contributed by atoms with E-state index in [4.69, 9.17) is 14.2 Å². The van der Waals surface area contributed by atoms with Crippen molar-refractivity contribution in [2.45, 2.75) is 12.5 Å². The maximum Gasteiger partial charge on any atom is 0.414 e. The summed E-state index contributed by atoms with van der Waals surface area (Å²) in [6, 6.07) is 11.0. The molecule has 1 aliphatic rings. The lowest BCUT2D eigenvalue weighted by atomic mass is 10.1. The van der Waals surface area contributed by atoms with Crippen LogP contribution in [-0.4, -0.2) is 45.4 Å². The molecule has 0 aliphatic carbocycles. The fraction of sp³-hybridized carbons (Fsp3) is 0.300. The monoisotopic (exact) mass is 388 g/mol. The molecule has 7 nitrogen and oxygen atoms in total. The van der Waals surface area contributed by atoms with Gasteiger partial charge in [0.25, 0.3) is 0 Å². The van der Waals surface area contributed by atoms with Crippen molar-refractivity contribution in [3.05, 3.63) is 53.8 Å². The van der Waals surface area contributed by atoms with E-state index in [2.05, 4.69) is 5.32 Å². The average Bonchev–Trinajstić information content (AvgIpc) is 3.07. The molecule has 0 saturated carbocycles. The minimum Gasteiger partial charge on any atom is -0.493 e. The molecule has 3 rings (SSSR count). The van der Waals surface area contributed by atoms with E-state index in [9.17, 15) is 14.0 Å². The first-order valence-corrected chi connectivity index (χ1v) is 8.71. The van der Waals surface area contributed by atoms with E-state index in [0.29, 0.717) is 17.2 Å². The second kappa shape index (κ2) is 8.60. The molecule has 2 aromatic rings. The number of carbonyl (C=O) groups is 2. The normalized spacial score (nSPS) is 15.9. The lowest BCUT2D eigenvalue weighted by Gasteiger charge is -2.13. The molecule has 2 amide bonds. The molecule has 1 N–H and O–H groups in total. The molecule has 0 radical (unpaired) electrons. The second-order valence-electron chi connectivity index (χ2n) is 6.27. The van der Waals surface area contributed by atoms with Gasteiger partial charge in [-0.2, -0.15) is 0 Å². The molecule has 1 aliphatic heterocycles. The van der Waals surface area contributed by atoms with Crippen molar-refractivity contribution in [2.75, 3.05) is 32.2 Å². The van der Waals surface area contributed by atoms with Gasteiger partial charge in [-0.05, 0) is 35.9 Å². The highest BCUT2D eigenvalue weighted by molar-refractivity contribution is 5.89. The van der Waals surface area contributed by atoms with Crippen molar-refractivity contribution in [3.63, 3.8) is 0 Å². The maximum atomic E-state index is 13.4. The fourth-order valence-corrected chi connectivity index (χ4v) is 2.95. The van der Waals surface area contributed by atoms with Crippen molar-refractivity contribution in [3.8, 4) is 11.5 Å². The average molecular weight is 388 g/mol. The minimum atomic E-state index is -0.565. The molecule has 1 saturated heterocycles. The Morgan fingerprint density at radius 1 is 1.21 bits per heavy atom. The number of anilines is 1. The molecule has 148 valence electrons. The van der Waals surface area contributed by atoms with Crippen LogP contribution in [-0.2, 0) is 16.0 Å². The number of carbonyl (C=O) groups excluding carboxylic acids is 2. The summed E-state index contributed by atoms with van der Waals surface area (Å²) in [4.78, 5) is 25.6. The van der Waals surface area contributed by atoms with Gasteiger partial charge in [0.1, 0.15) is 11.9 Å². The van der Waals surface area contributed by atoms with Crippen LogP contribution < -0.4 is 19.7 Å². The van der Waals surface area contributed by atoms with Gasteiger partial charge in [0.2, 0.25) is 5.91 Å². The van der Waals surface area contributed by atoms with Gasteiger partial charge in [0.15, 0.2) is 11.5 Å². The second-order valence-corrected chi connectivity index (χ2v) is 6.27. The summed E-state index contributed by atoms with van der Waals surface area (Å²) in [5, 5.41) is 2.75. The summed E-state index contributed by atoms with van der Waals surface area (Å²) < 4.78 is 29.0. The van der Waals surface area contributed by atoms with Gasteiger partial charge in [0, 0.05) is 0 Å². The first-order valence-electron chi connectivity index (χ1n) is 8.71. The van der Waals surface area contributed by atoms with Crippen LogP contribution in [0.4, 0.5) is 14.9 Å². The Hall–Kier alpha value is -3.29. The van der Waals surface area contributed by atoms with Crippen LogP contribution in [0.3, 0.4) is 0 Å². The van der Waals surface area contributed by atoms with E-state index >= 15 is 0 Å². The van der Waals surface area contributed by atoms with E-state index in [-0.39, 0.29) is 25.4 Å². The standard InChI is InChI=1S/C20H21FN2O5/c1-26-17-7-6-13(8-18(17)27-2)9-19(24)22-11-16-12-23(20(25)28-16)15-5-3-4-14(21)10-15/h3-8,10,16H,9,11-12H2,1-2H3,(H,22,24). The summed E-state index contributed by atoms with van der Waals surface area (Å²) in [5.74, 6) is 0.481. The highest BCUT2D eigenvalue weighted by Gasteiger charge is 2.32. The van der Waals surface area contributed by atoms with Gasteiger partial charge in [-0.25, -0.2) is 9.18 Å². The number of methoxy groups -OCH3 is 2. The molecule has 1 unspecified atom stereocenters. The number of nitrogens with one attached hydrogen (secondary N) is 1. The molecular weight excluding hydrogens is 367 g/mol. The van der Waals surface area contributed by atoms with E-state index in [1.54, 1.807) is 31.4 Å². The molecule has 2 aromatic carbocycles. The summed E-state index contributed by atoms with van der Waals surface area (Å²) in [6.07, 6.45) is -0.927. The van der Waals surface area contributed by atoms with Crippen LogP contribution in [0.15, 0.2) is 42.5 Å². The van der Waals surface area contributed by atoms with Crippen molar-refractivity contribution in [2.24, 2.45) is 0 Å². The number of benzene rings is 2. The van der Waals surface area contributed by atoms with Crippen molar-refractivity contribution in [1.29, 1.82) is 0 Å². The third-order valence-electron chi connectivity index (χ3n) is 4.33. The Balaban J connectivity index is 1.53. The topological polar surface area (TPSA) is 77.1 Å². The first-order chi connectivity index (χ1) is 13.5. The number of rotatable bonds is 7.